The molecule has 2 rings (SSSR count). The first kappa shape index (κ1) is 13.2. The smallest absolute Gasteiger partial charge is 0.134 e. The van der Waals surface area contributed by atoms with E-state index < -0.39 is 0 Å². The second kappa shape index (κ2) is 6.07. The van der Waals surface area contributed by atoms with Crippen molar-refractivity contribution >= 4 is 0 Å². The lowest BCUT2D eigenvalue weighted by atomic mass is 10.1. The maximum Gasteiger partial charge on any atom is 0.134 e. The summed E-state index contributed by atoms with van der Waals surface area (Å²) < 4.78 is 7.19. The molecule has 2 aromatic rings. The summed E-state index contributed by atoms with van der Waals surface area (Å²) in [4.78, 5) is 0. The van der Waals surface area contributed by atoms with Crippen LogP contribution in [-0.4, -0.2) is 23.4 Å². The molecule has 0 aliphatic rings. The normalized spacial score (nSPS) is 9.84. The van der Waals surface area contributed by atoms with E-state index in [9.17, 15) is 0 Å². The minimum Gasteiger partial charge on any atom is -0.495 e. The Labute approximate surface area is 113 Å². The molecule has 0 amide bonds. The molecular formula is C15H17N3O. The highest BCUT2D eigenvalue weighted by molar-refractivity contribution is 5.48. The Morgan fingerprint density at radius 3 is 2.89 bits per heavy atom. The third kappa shape index (κ3) is 3.36. The van der Waals surface area contributed by atoms with Gasteiger partial charge in [0.05, 0.1) is 32.0 Å². The van der Waals surface area contributed by atoms with Crippen LogP contribution in [0.4, 0.5) is 0 Å². The van der Waals surface area contributed by atoms with E-state index in [4.69, 9.17) is 10.5 Å². The number of aryl methyl sites for hydroxylation is 1. The molecule has 98 valence electrons. The molecule has 2 N–H and O–H groups in total. The summed E-state index contributed by atoms with van der Waals surface area (Å²) in [6.07, 6.45) is 3.86. The maximum absolute atomic E-state index is 5.40. The Hall–Kier alpha value is -2.25. The Balaban J connectivity index is 2.27. The number of nitrogens with zero attached hydrogens (tertiary/aromatic N) is 2. The third-order valence-corrected chi connectivity index (χ3v) is 2.70. The number of rotatable bonds is 3. The van der Waals surface area contributed by atoms with Crippen molar-refractivity contribution in [3.8, 4) is 17.6 Å². The molecule has 0 saturated carbocycles. The molecule has 0 aliphatic heterocycles. The van der Waals surface area contributed by atoms with Gasteiger partial charge in [0.1, 0.15) is 5.75 Å². The minimum atomic E-state index is 0.339. The number of ether oxygens (including phenoxy) is 1. The van der Waals surface area contributed by atoms with Crippen molar-refractivity contribution in [2.75, 3.05) is 13.7 Å². The van der Waals surface area contributed by atoms with Crippen LogP contribution in [-0.2, 0) is 6.54 Å². The Morgan fingerprint density at radius 1 is 1.42 bits per heavy atom. The zero-order chi connectivity index (χ0) is 13.7. The molecule has 0 fully saturated rings. The number of nitrogens with two attached hydrogens (primary N) is 1. The molecule has 1 aromatic heterocycles. The van der Waals surface area contributed by atoms with Crippen molar-refractivity contribution in [1.82, 2.24) is 9.78 Å². The SMILES string of the molecule is COc1ccc(Cn2cc(C)cn2)cc1C#CCN. The molecule has 0 aliphatic carbocycles. The average molecular weight is 255 g/mol. The minimum absolute atomic E-state index is 0.339. The molecule has 0 spiro atoms. The van der Waals surface area contributed by atoms with Gasteiger partial charge in [0, 0.05) is 6.20 Å². The fourth-order valence-electron chi connectivity index (χ4n) is 1.84. The highest BCUT2D eigenvalue weighted by atomic mass is 16.5. The highest BCUT2D eigenvalue weighted by Gasteiger charge is 2.03. The van der Waals surface area contributed by atoms with E-state index in [0.29, 0.717) is 6.54 Å². The number of hydrogen-bond acceptors (Lipinski definition) is 3. The topological polar surface area (TPSA) is 53.1 Å². The lowest BCUT2D eigenvalue weighted by Crippen LogP contribution is -2.01. The van der Waals surface area contributed by atoms with Crippen molar-refractivity contribution < 1.29 is 4.74 Å². The molecule has 1 aromatic carbocycles. The summed E-state index contributed by atoms with van der Waals surface area (Å²) in [7, 11) is 1.64. The number of aromatic nitrogens is 2. The number of benzene rings is 1. The van der Waals surface area contributed by atoms with Crippen LogP contribution in [0.15, 0.2) is 30.6 Å². The third-order valence-electron chi connectivity index (χ3n) is 2.70. The molecule has 4 nitrogen and oxygen atoms in total. The van der Waals surface area contributed by atoms with Crippen LogP contribution < -0.4 is 10.5 Å². The van der Waals surface area contributed by atoms with E-state index in [1.54, 1.807) is 7.11 Å². The van der Waals surface area contributed by atoms with Gasteiger partial charge in [-0.3, -0.25) is 4.68 Å². The van der Waals surface area contributed by atoms with Gasteiger partial charge in [-0.2, -0.15) is 5.10 Å². The summed E-state index contributed by atoms with van der Waals surface area (Å²) in [6.45, 7) is 3.08. The van der Waals surface area contributed by atoms with Gasteiger partial charge >= 0.3 is 0 Å². The number of hydrogen-bond donors (Lipinski definition) is 1. The Morgan fingerprint density at radius 2 is 2.26 bits per heavy atom. The van der Waals surface area contributed by atoms with Crippen molar-refractivity contribution in [3.05, 3.63) is 47.3 Å². The second-order valence-electron chi connectivity index (χ2n) is 4.26. The molecule has 1 heterocycles. The van der Waals surface area contributed by atoms with Crippen LogP contribution in [0.1, 0.15) is 16.7 Å². The Bertz CT molecular complexity index is 620. The summed E-state index contributed by atoms with van der Waals surface area (Å²) in [5.74, 6) is 6.64. The van der Waals surface area contributed by atoms with Crippen LogP contribution in [0.5, 0.6) is 5.75 Å². The number of methoxy groups -OCH3 is 1. The largest absolute Gasteiger partial charge is 0.495 e. The monoisotopic (exact) mass is 255 g/mol. The van der Waals surface area contributed by atoms with E-state index in [0.717, 1.165) is 29.0 Å². The van der Waals surface area contributed by atoms with Gasteiger partial charge in [-0.1, -0.05) is 17.9 Å². The summed E-state index contributed by atoms with van der Waals surface area (Å²) in [5, 5.41) is 4.27. The molecular weight excluding hydrogens is 238 g/mol. The average Bonchev–Trinajstić information content (AvgIpc) is 2.82. The first-order valence-corrected chi connectivity index (χ1v) is 6.08. The summed E-state index contributed by atoms with van der Waals surface area (Å²) in [6, 6.07) is 5.95. The lowest BCUT2D eigenvalue weighted by molar-refractivity contribution is 0.413. The summed E-state index contributed by atoms with van der Waals surface area (Å²) in [5.41, 5.74) is 8.54. The molecule has 4 heteroatoms. The fraction of sp³-hybridized carbons (Fsp3) is 0.267. The van der Waals surface area contributed by atoms with Crippen molar-refractivity contribution in [2.45, 2.75) is 13.5 Å². The Kier molecular flexibility index (Phi) is 4.22. The molecule has 0 radical (unpaired) electrons. The van der Waals surface area contributed by atoms with E-state index in [-0.39, 0.29) is 0 Å². The first-order valence-electron chi connectivity index (χ1n) is 6.08. The van der Waals surface area contributed by atoms with Gasteiger partial charge in [-0.05, 0) is 30.2 Å². The standard InChI is InChI=1S/C15H17N3O/c1-12-9-17-18(10-12)11-13-5-6-15(19-2)14(8-13)4-3-7-16/h5-6,8-10H,7,11,16H2,1-2H3. The van der Waals surface area contributed by atoms with Gasteiger partial charge in [0.25, 0.3) is 0 Å². The van der Waals surface area contributed by atoms with Gasteiger partial charge < -0.3 is 10.5 Å². The second-order valence-corrected chi connectivity index (χ2v) is 4.26. The van der Waals surface area contributed by atoms with E-state index in [2.05, 4.69) is 16.9 Å². The van der Waals surface area contributed by atoms with Crippen LogP contribution in [0, 0.1) is 18.8 Å². The first-order chi connectivity index (χ1) is 9.22. The van der Waals surface area contributed by atoms with Crippen molar-refractivity contribution in [1.29, 1.82) is 0 Å². The fourth-order valence-corrected chi connectivity index (χ4v) is 1.84. The molecule has 0 unspecified atom stereocenters. The van der Waals surface area contributed by atoms with Crippen LogP contribution in [0.25, 0.3) is 0 Å². The molecule has 0 bridgehead atoms. The van der Waals surface area contributed by atoms with Gasteiger partial charge in [0.15, 0.2) is 0 Å². The van der Waals surface area contributed by atoms with E-state index in [1.807, 2.05) is 42.2 Å². The van der Waals surface area contributed by atoms with Crippen molar-refractivity contribution in [3.63, 3.8) is 0 Å². The van der Waals surface area contributed by atoms with E-state index >= 15 is 0 Å². The predicted molar refractivity (Wildman–Crippen MR) is 75.0 cm³/mol. The summed E-state index contributed by atoms with van der Waals surface area (Å²) >= 11 is 0. The zero-order valence-corrected chi connectivity index (χ0v) is 11.2. The van der Waals surface area contributed by atoms with Crippen LogP contribution >= 0.6 is 0 Å². The predicted octanol–water partition coefficient (Wildman–Crippen LogP) is 1.56. The molecule has 0 saturated heterocycles. The van der Waals surface area contributed by atoms with E-state index in [1.165, 1.54) is 0 Å². The zero-order valence-electron chi connectivity index (χ0n) is 11.2. The van der Waals surface area contributed by atoms with Gasteiger partial charge in [-0.15, -0.1) is 0 Å². The molecule has 0 atom stereocenters. The van der Waals surface area contributed by atoms with Crippen molar-refractivity contribution in [2.24, 2.45) is 5.73 Å². The van der Waals surface area contributed by atoms with Gasteiger partial charge in [0.2, 0.25) is 0 Å². The molecule has 19 heavy (non-hydrogen) atoms. The highest BCUT2D eigenvalue weighted by Crippen LogP contribution is 2.19. The maximum atomic E-state index is 5.40. The lowest BCUT2D eigenvalue weighted by Gasteiger charge is -2.07. The van der Waals surface area contributed by atoms with Gasteiger partial charge in [-0.25, -0.2) is 0 Å². The van der Waals surface area contributed by atoms with Crippen LogP contribution in [0.2, 0.25) is 0 Å². The quantitative estimate of drug-likeness (QED) is 0.847. The van der Waals surface area contributed by atoms with Crippen LogP contribution in [0.3, 0.4) is 0 Å².